The number of carbonyl (C=O) groups excluding carboxylic acids is 1. The van der Waals surface area contributed by atoms with E-state index in [9.17, 15) is 4.79 Å². The summed E-state index contributed by atoms with van der Waals surface area (Å²) in [5.74, 6) is 1.51. The van der Waals surface area contributed by atoms with E-state index in [0.717, 1.165) is 83.6 Å². The molecule has 0 saturated carbocycles. The minimum absolute atomic E-state index is 0.0326. The lowest BCUT2D eigenvalue weighted by Gasteiger charge is -2.48. The number of ketones is 1. The molecule has 7 rings (SSSR count). The molecule has 17 heteroatoms. The van der Waals surface area contributed by atoms with Crippen molar-refractivity contribution in [3.8, 4) is 0 Å². The van der Waals surface area contributed by atoms with E-state index in [4.69, 9.17) is 37.5 Å². The summed E-state index contributed by atoms with van der Waals surface area (Å²) in [6, 6.07) is 0. The Balaban J connectivity index is 1.14. The SMILES string of the molecule is C=C1CCC2CC(=C)[C@H](CCC3C[C@@H](C)C(=C)[C@@H](CC4O[C@H](C[C@H](C)CCPP)[C@H](C)[C@H]4CC(=O)C[C@H]4CC[C@@H]5O[C@@H]6C(O[C@H](C1)[C@@H]6OP(P)P)[C@@H](OP(P)P)[C@H]5O4)O3)O2. The Morgan fingerprint density at radius 1 is 0.733 bits per heavy atom. The van der Waals surface area contributed by atoms with Crippen LogP contribution in [0.15, 0.2) is 36.5 Å². The first kappa shape index (κ1) is 49.9. The molecule has 9 nitrogen and oxygen atoms in total. The molecule has 7 aliphatic rings. The van der Waals surface area contributed by atoms with Crippen LogP contribution in [0.3, 0.4) is 0 Å². The fourth-order valence-corrected chi connectivity index (χ4v) is 15.1. The Bertz CT molecular complexity index is 1510. The van der Waals surface area contributed by atoms with Crippen LogP contribution < -0.4 is 0 Å². The third-order valence-corrected chi connectivity index (χ3v) is 18.4. The zero-order chi connectivity index (χ0) is 42.8. The number of fused-ring (bicyclic) bond motifs is 7. The molecule has 7 fully saturated rings. The molecular formula is C43H74O9P8. The number of hydrogen-bond acceptors (Lipinski definition) is 9. The molecule has 0 spiro atoms. The molecule has 0 N–H and O–H groups in total. The van der Waals surface area contributed by atoms with Gasteiger partial charge in [0, 0.05) is 19.3 Å². The molecule has 0 amide bonds. The standard InChI is InChI=1S/C43H74O9P8/c1-22-7-8-29-18-25(4)33(45-29)11-9-30-17-24(3)26(5)36(46-30)21-37-32(27(6)35(48-37)15-23(2)13-14-58-53)20-28(44)19-31-10-12-34-39(47-31)43(52-60(56)57)42-41(49-34)40(51-59(54)55)38(16-22)50-42/h23-24,27,29-43,58H,1,4-5,7-21,53-57H2,2-3,6H3/t23-,24-,27-,29?,30?,31-,32-,33+,34+,35-,36-,37?,38-,39+,40+,41+,42?,43+/m1/s1. The van der Waals surface area contributed by atoms with Gasteiger partial charge in [-0.2, -0.15) is 0 Å². The van der Waals surface area contributed by atoms with Gasteiger partial charge in [0.15, 0.2) is 0 Å². The molecule has 340 valence electrons. The van der Waals surface area contributed by atoms with Gasteiger partial charge in [-0.25, -0.2) is 0 Å². The molecule has 0 aromatic rings. The Hall–Kier alpha value is 2.01. The molecule has 7 aliphatic heterocycles. The second-order valence-electron chi connectivity index (χ2n) is 19.1. The largest absolute Gasteiger partial charge is 0.374 e. The van der Waals surface area contributed by atoms with Crippen LogP contribution in [-0.2, 0) is 42.3 Å². The fourth-order valence-electron chi connectivity index (χ4n) is 11.2. The molecule has 8 bridgehead atoms. The molecule has 0 aliphatic carbocycles. The topological polar surface area (TPSA) is 90.9 Å². The van der Waals surface area contributed by atoms with Gasteiger partial charge in [-0.1, -0.05) is 81.8 Å². The van der Waals surface area contributed by atoms with Crippen molar-refractivity contribution in [2.75, 3.05) is 6.16 Å². The summed E-state index contributed by atoms with van der Waals surface area (Å²) < 4.78 is 54.8. The highest BCUT2D eigenvalue weighted by Gasteiger charge is 2.59. The normalized spacial score (nSPS) is 43.9. The predicted molar refractivity (Wildman–Crippen MR) is 265 cm³/mol. The van der Waals surface area contributed by atoms with E-state index in [1.807, 2.05) is 0 Å². The Labute approximate surface area is 376 Å². The van der Waals surface area contributed by atoms with Crippen molar-refractivity contribution in [3.63, 3.8) is 0 Å². The summed E-state index contributed by atoms with van der Waals surface area (Å²) in [6.07, 6.45) is 10.5. The Morgan fingerprint density at radius 2 is 1.42 bits per heavy atom. The average molecular weight is 983 g/mol. The molecule has 7 heterocycles. The van der Waals surface area contributed by atoms with E-state index >= 15 is 0 Å². The molecule has 24 atom stereocenters. The summed E-state index contributed by atoms with van der Waals surface area (Å²) >= 11 is 0. The molecule has 0 radical (unpaired) electrons. The monoisotopic (exact) mass is 982 g/mol. The van der Waals surface area contributed by atoms with E-state index < -0.39 is 15.1 Å². The first-order valence-electron chi connectivity index (χ1n) is 22.5. The molecule has 0 aromatic heterocycles. The minimum atomic E-state index is -0.901. The third-order valence-electron chi connectivity index (χ3n) is 14.6. The van der Waals surface area contributed by atoms with Crippen molar-refractivity contribution in [2.45, 2.75) is 196 Å². The van der Waals surface area contributed by atoms with Crippen LogP contribution in [0, 0.1) is 23.7 Å². The van der Waals surface area contributed by atoms with Gasteiger partial charge in [0.05, 0.1) is 70.0 Å². The summed E-state index contributed by atoms with van der Waals surface area (Å²) in [4.78, 5) is 14.3. The summed E-state index contributed by atoms with van der Waals surface area (Å²) in [5.41, 5.74) is 3.45. The van der Waals surface area contributed by atoms with Gasteiger partial charge in [-0.3, -0.25) is 4.79 Å². The van der Waals surface area contributed by atoms with Crippen LogP contribution in [0.1, 0.15) is 111 Å². The van der Waals surface area contributed by atoms with Gasteiger partial charge < -0.3 is 37.5 Å². The molecule has 10 unspecified atom stereocenters. The van der Waals surface area contributed by atoms with Crippen molar-refractivity contribution in [3.05, 3.63) is 36.5 Å². The molecule has 7 saturated heterocycles. The lowest BCUT2D eigenvalue weighted by molar-refractivity contribution is -0.251. The molecular weight excluding hydrogens is 908 g/mol. The Morgan fingerprint density at radius 3 is 2.17 bits per heavy atom. The van der Waals surface area contributed by atoms with E-state index in [2.05, 4.69) is 85.2 Å². The van der Waals surface area contributed by atoms with Crippen LogP contribution in [-0.4, -0.2) is 97.4 Å². The summed E-state index contributed by atoms with van der Waals surface area (Å²) in [6.45, 7) is 20.5. The lowest BCUT2D eigenvalue weighted by Crippen LogP contribution is -2.61. The average Bonchev–Trinajstić information content (AvgIpc) is 3.81. The second kappa shape index (κ2) is 22.9. The highest BCUT2D eigenvalue weighted by Crippen LogP contribution is 2.60. The van der Waals surface area contributed by atoms with Crippen molar-refractivity contribution in [1.29, 1.82) is 0 Å². The molecule has 60 heavy (non-hydrogen) atoms. The first-order valence-corrected chi connectivity index (χ1v) is 34.5. The maximum atomic E-state index is 14.3. The second-order valence-corrected chi connectivity index (χ2v) is 32.8. The number of hydrogen-bond donors (Lipinski definition) is 0. The van der Waals surface area contributed by atoms with Crippen LogP contribution >= 0.6 is 68.0 Å². The van der Waals surface area contributed by atoms with Gasteiger partial charge >= 0.3 is 0 Å². The van der Waals surface area contributed by atoms with E-state index in [1.165, 1.54) is 18.2 Å². The zero-order valence-corrected chi connectivity index (χ0v) is 44.6. The summed E-state index contributed by atoms with van der Waals surface area (Å²) in [7, 11) is 13.2. The van der Waals surface area contributed by atoms with E-state index in [0.29, 0.717) is 31.1 Å². The van der Waals surface area contributed by atoms with Gasteiger partial charge in [0.1, 0.15) is 36.3 Å². The van der Waals surface area contributed by atoms with Gasteiger partial charge in [0.25, 0.3) is 0 Å². The predicted octanol–water partition coefficient (Wildman–Crippen LogP) is 11.0. The van der Waals surface area contributed by atoms with Gasteiger partial charge in [-0.05, 0) is 112 Å². The van der Waals surface area contributed by atoms with E-state index in [1.54, 1.807) is 0 Å². The van der Waals surface area contributed by atoms with Crippen LogP contribution in [0.4, 0.5) is 0 Å². The van der Waals surface area contributed by atoms with Crippen molar-refractivity contribution < 1.29 is 42.3 Å². The quantitative estimate of drug-likeness (QED) is 0.165. The smallest absolute Gasteiger partial charge is 0.135 e. The highest BCUT2D eigenvalue weighted by molar-refractivity contribution is 8.41. The highest BCUT2D eigenvalue weighted by atomic mass is 32.4. The van der Waals surface area contributed by atoms with Gasteiger partial charge in [0.2, 0.25) is 0 Å². The van der Waals surface area contributed by atoms with Crippen molar-refractivity contribution in [2.24, 2.45) is 23.7 Å². The third kappa shape index (κ3) is 12.6. The maximum absolute atomic E-state index is 14.3. The Kier molecular flexibility index (Phi) is 19.0. The number of Topliss-reactive ketones (excluding diaryl/α,β-unsaturated/α-hetero) is 1. The van der Waals surface area contributed by atoms with Crippen LogP contribution in [0.25, 0.3) is 0 Å². The van der Waals surface area contributed by atoms with Crippen LogP contribution in [0.5, 0.6) is 0 Å². The number of ether oxygens (including phenoxy) is 6. The fraction of sp³-hybridized carbons (Fsp3) is 0.837. The van der Waals surface area contributed by atoms with E-state index in [-0.39, 0.29) is 103 Å². The first-order chi connectivity index (χ1) is 28.7. The summed E-state index contributed by atoms with van der Waals surface area (Å²) in [5, 5.41) is 0. The van der Waals surface area contributed by atoms with Gasteiger partial charge in [-0.15, -0.1) is 17.2 Å². The molecule has 0 aromatic carbocycles. The number of rotatable bonds is 9. The number of carbonyl (C=O) groups is 1. The van der Waals surface area contributed by atoms with Crippen molar-refractivity contribution >= 4 is 73.7 Å². The van der Waals surface area contributed by atoms with Crippen molar-refractivity contribution in [1.82, 2.24) is 0 Å². The minimum Gasteiger partial charge on any atom is -0.374 e. The zero-order valence-electron chi connectivity index (χ0n) is 36.1. The lowest BCUT2D eigenvalue weighted by atomic mass is 9.78. The maximum Gasteiger partial charge on any atom is 0.135 e. The van der Waals surface area contributed by atoms with Crippen LogP contribution in [0.2, 0.25) is 0 Å².